The van der Waals surface area contributed by atoms with E-state index in [0.717, 1.165) is 23.1 Å². The smallest absolute Gasteiger partial charge is 0.326 e. The first-order valence-corrected chi connectivity index (χ1v) is 9.99. The maximum Gasteiger partial charge on any atom is 0.326 e. The second-order valence-electron chi connectivity index (χ2n) is 6.23. The second-order valence-corrected chi connectivity index (χ2v) is 7.91. The van der Waals surface area contributed by atoms with Crippen molar-refractivity contribution in [3.05, 3.63) is 52.9 Å². The van der Waals surface area contributed by atoms with Gasteiger partial charge in [0.2, 0.25) is 0 Å². The summed E-state index contributed by atoms with van der Waals surface area (Å²) < 4.78 is 19.8. The van der Waals surface area contributed by atoms with Crippen molar-refractivity contribution < 1.29 is 23.5 Å². The summed E-state index contributed by atoms with van der Waals surface area (Å²) in [5.74, 6) is -1.24. The summed E-state index contributed by atoms with van der Waals surface area (Å²) in [6, 6.07) is 8.49. The number of hydrogen-bond donors (Lipinski definition) is 1. The third kappa shape index (κ3) is 4.18. The number of carboxylic acids is 1. The molecular formula is C20H18FNO4S2. The number of aliphatic carboxylic acids is 1. The number of rotatable bonds is 7. The highest BCUT2D eigenvalue weighted by atomic mass is 32.2. The average molecular weight is 419 g/mol. The highest BCUT2D eigenvalue weighted by Gasteiger charge is 2.40. The molecule has 1 aromatic carbocycles. The van der Waals surface area contributed by atoms with E-state index in [-0.39, 0.29) is 9.23 Å². The summed E-state index contributed by atoms with van der Waals surface area (Å²) >= 11 is 6.27. The van der Waals surface area contributed by atoms with Gasteiger partial charge < -0.3 is 9.52 Å². The molecular weight excluding hydrogens is 401 g/mol. The predicted molar refractivity (Wildman–Crippen MR) is 110 cm³/mol. The second kappa shape index (κ2) is 8.70. The minimum absolute atomic E-state index is 0.209. The van der Waals surface area contributed by atoms with Gasteiger partial charge in [0.15, 0.2) is 0 Å². The number of carbonyl (C=O) groups is 2. The van der Waals surface area contributed by atoms with Gasteiger partial charge in [0.1, 0.15) is 27.7 Å². The number of nitrogens with zero attached hydrogens (tertiary/aromatic N) is 1. The van der Waals surface area contributed by atoms with Crippen molar-refractivity contribution in [2.75, 3.05) is 0 Å². The highest BCUT2D eigenvalue weighted by Crippen LogP contribution is 2.36. The largest absolute Gasteiger partial charge is 0.480 e. The molecule has 1 N–H and O–H groups in total. The molecule has 1 saturated heterocycles. The summed E-state index contributed by atoms with van der Waals surface area (Å²) in [7, 11) is 0. The van der Waals surface area contributed by atoms with Crippen LogP contribution < -0.4 is 0 Å². The maximum atomic E-state index is 13.9. The van der Waals surface area contributed by atoms with E-state index in [2.05, 4.69) is 0 Å². The van der Waals surface area contributed by atoms with E-state index in [0.29, 0.717) is 29.9 Å². The average Bonchev–Trinajstić information content (AvgIpc) is 3.22. The number of benzene rings is 1. The molecule has 8 heteroatoms. The highest BCUT2D eigenvalue weighted by molar-refractivity contribution is 8.26. The van der Waals surface area contributed by atoms with Gasteiger partial charge in [-0.1, -0.05) is 55.9 Å². The van der Waals surface area contributed by atoms with E-state index >= 15 is 0 Å². The van der Waals surface area contributed by atoms with Gasteiger partial charge in [0.05, 0.1) is 10.5 Å². The monoisotopic (exact) mass is 419 g/mol. The zero-order chi connectivity index (χ0) is 20.3. The van der Waals surface area contributed by atoms with E-state index in [1.807, 2.05) is 6.92 Å². The lowest BCUT2D eigenvalue weighted by molar-refractivity contribution is -0.145. The number of halogens is 1. The summed E-state index contributed by atoms with van der Waals surface area (Å²) in [6.45, 7) is 1.95. The Morgan fingerprint density at radius 3 is 2.79 bits per heavy atom. The van der Waals surface area contributed by atoms with E-state index in [4.69, 9.17) is 16.6 Å². The van der Waals surface area contributed by atoms with Gasteiger partial charge in [0.25, 0.3) is 5.91 Å². The molecule has 2 heterocycles. The van der Waals surface area contributed by atoms with Crippen LogP contribution in [0.1, 0.15) is 31.9 Å². The summed E-state index contributed by atoms with van der Waals surface area (Å²) in [5, 5.41) is 9.49. The van der Waals surface area contributed by atoms with Gasteiger partial charge in [-0.15, -0.1) is 0 Å². The zero-order valence-electron chi connectivity index (χ0n) is 15.1. The van der Waals surface area contributed by atoms with Crippen molar-refractivity contribution >= 4 is 46.3 Å². The molecule has 0 bridgehead atoms. The molecule has 1 fully saturated rings. The summed E-state index contributed by atoms with van der Waals surface area (Å²) in [4.78, 5) is 25.8. The standard InChI is InChI=1S/C20H18FNO4S2/c1-2-3-8-15(19(24)25)22-18(23)17(28-20(22)27)11-12-9-10-16(26-12)13-6-4-5-7-14(13)21/h4-7,9-11,15H,2-3,8H2,1H3,(H,24,25)/b17-11+/t15-/m1/s1. The lowest BCUT2D eigenvalue weighted by Crippen LogP contribution is -2.43. The molecule has 1 aliphatic heterocycles. The Bertz CT molecular complexity index is 953. The Morgan fingerprint density at radius 1 is 1.36 bits per heavy atom. The normalized spacial score (nSPS) is 16.8. The quantitative estimate of drug-likeness (QED) is 0.507. The number of amides is 1. The van der Waals surface area contributed by atoms with Crippen molar-refractivity contribution in [2.24, 2.45) is 0 Å². The molecule has 1 aliphatic rings. The fourth-order valence-corrected chi connectivity index (χ4v) is 4.21. The fourth-order valence-electron chi connectivity index (χ4n) is 2.87. The topological polar surface area (TPSA) is 70.8 Å². The van der Waals surface area contributed by atoms with E-state index < -0.39 is 23.7 Å². The van der Waals surface area contributed by atoms with Crippen LogP contribution >= 0.6 is 24.0 Å². The molecule has 0 radical (unpaired) electrons. The van der Waals surface area contributed by atoms with Crippen LogP contribution in [0.5, 0.6) is 0 Å². The Balaban J connectivity index is 1.84. The van der Waals surface area contributed by atoms with Gasteiger partial charge in [-0.25, -0.2) is 9.18 Å². The minimum atomic E-state index is -1.08. The predicted octanol–water partition coefficient (Wildman–Crippen LogP) is 4.93. The Kier molecular flexibility index (Phi) is 6.31. The van der Waals surface area contributed by atoms with Gasteiger partial charge in [-0.2, -0.15) is 0 Å². The summed E-state index contributed by atoms with van der Waals surface area (Å²) in [5.41, 5.74) is 0.320. The molecule has 146 valence electrons. The number of thiocarbonyl (C=S) groups is 1. The number of unbranched alkanes of at least 4 members (excludes halogenated alkanes) is 1. The number of carboxylic acid groups (broad SMARTS) is 1. The maximum absolute atomic E-state index is 13.9. The number of carbonyl (C=O) groups excluding carboxylic acids is 1. The molecule has 1 aromatic heterocycles. The third-order valence-electron chi connectivity index (χ3n) is 4.29. The Hall–Kier alpha value is -2.45. The van der Waals surface area contributed by atoms with Crippen LogP contribution in [-0.2, 0) is 9.59 Å². The molecule has 0 unspecified atom stereocenters. The van der Waals surface area contributed by atoms with Crippen LogP contribution in [0, 0.1) is 5.82 Å². The van der Waals surface area contributed by atoms with Gasteiger partial charge in [-0.3, -0.25) is 9.69 Å². The third-order valence-corrected chi connectivity index (χ3v) is 5.62. The van der Waals surface area contributed by atoms with E-state index in [1.54, 1.807) is 30.3 Å². The molecule has 1 atom stereocenters. The van der Waals surface area contributed by atoms with Crippen molar-refractivity contribution in [3.8, 4) is 11.3 Å². The first kappa shape index (κ1) is 20.3. The Morgan fingerprint density at radius 2 is 2.11 bits per heavy atom. The van der Waals surface area contributed by atoms with E-state index in [9.17, 15) is 19.1 Å². The van der Waals surface area contributed by atoms with Crippen molar-refractivity contribution in [1.82, 2.24) is 4.90 Å². The minimum Gasteiger partial charge on any atom is -0.480 e. The van der Waals surface area contributed by atoms with Crippen molar-refractivity contribution in [3.63, 3.8) is 0 Å². The van der Waals surface area contributed by atoms with Gasteiger partial charge in [-0.05, 0) is 30.7 Å². The molecule has 28 heavy (non-hydrogen) atoms. The van der Waals surface area contributed by atoms with E-state index in [1.165, 1.54) is 12.1 Å². The molecule has 1 amide bonds. The number of hydrogen-bond acceptors (Lipinski definition) is 5. The van der Waals surface area contributed by atoms with Crippen LogP contribution in [0.2, 0.25) is 0 Å². The van der Waals surface area contributed by atoms with Crippen LogP contribution in [0.4, 0.5) is 4.39 Å². The lowest BCUT2D eigenvalue weighted by Gasteiger charge is -2.22. The number of furan rings is 1. The molecule has 2 aromatic rings. The van der Waals surface area contributed by atoms with Crippen molar-refractivity contribution in [2.45, 2.75) is 32.2 Å². The number of thioether (sulfide) groups is 1. The summed E-state index contributed by atoms with van der Waals surface area (Å²) in [6.07, 6.45) is 3.34. The van der Waals surface area contributed by atoms with Crippen LogP contribution in [0.25, 0.3) is 17.4 Å². The molecule has 0 spiro atoms. The molecule has 0 aliphatic carbocycles. The zero-order valence-corrected chi connectivity index (χ0v) is 16.7. The Labute approximate surface area is 171 Å². The van der Waals surface area contributed by atoms with Gasteiger partial charge in [0, 0.05) is 6.08 Å². The van der Waals surface area contributed by atoms with Crippen LogP contribution in [0.3, 0.4) is 0 Å². The van der Waals surface area contributed by atoms with Crippen LogP contribution in [0.15, 0.2) is 45.7 Å². The fraction of sp³-hybridized carbons (Fsp3) is 0.250. The first-order valence-electron chi connectivity index (χ1n) is 8.77. The van der Waals surface area contributed by atoms with Gasteiger partial charge >= 0.3 is 5.97 Å². The SMILES string of the molecule is CCCC[C@H](C(=O)O)N1C(=O)/C(=C\c2ccc(-c3ccccc3F)o2)SC1=S. The molecule has 3 rings (SSSR count). The first-order chi connectivity index (χ1) is 13.4. The lowest BCUT2D eigenvalue weighted by atomic mass is 10.1. The molecule has 5 nitrogen and oxygen atoms in total. The molecule has 0 saturated carbocycles. The van der Waals surface area contributed by atoms with Crippen molar-refractivity contribution in [1.29, 1.82) is 0 Å². The van der Waals surface area contributed by atoms with Crippen LogP contribution in [-0.4, -0.2) is 32.2 Å².